The van der Waals surface area contributed by atoms with E-state index in [1.165, 1.54) is 66.8 Å². The van der Waals surface area contributed by atoms with E-state index in [1.807, 2.05) is 0 Å². The number of anilines is 6. The van der Waals surface area contributed by atoms with E-state index in [4.69, 9.17) is 0 Å². The van der Waals surface area contributed by atoms with E-state index in [1.54, 1.807) is 0 Å². The fourth-order valence-corrected chi connectivity index (χ4v) is 10.1. The lowest BCUT2D eigenvalue weighted by Crippen LogP contribution is -2.09. The molecule has 350 valence electrons. The topological polar surface area (TPSA) is 6.48 Å². The van der Waals surface area contributed by atoms with Gasteiger partial charge in [-0.05, 0) is 151 Å². The highest BCUT2D eigenvalue weighted by Gasteiger charge is 2.18. The summed E-state index contributed by atoms with van der Waals surface area (Å²) in [4.78, 5) is 4.66. The Balaban J connectivity index is 0.813. The maximum absolute atomic E-state index is 2.33. The quantitative estimate of drug-likeness (QED) is 0.114. The van der Waals surface area contributed by atoms with Crippen LogP contribution in [0.3, 0.4) is 0 Å². The highest BCUT2D eigenvalue weighted by atomic mass is 15.1. The molecule has 12 aromatic carbocycles. The number of hydrogen-bond acceptors (Lipinski definition) is 2. The Hall–Kier alpha value is -9.76. The van der Waals surface area contributed by atoms with Gasteiger partial charge in [-0.15, -0.1) is 0 Å². The van der Waals surface area contributed by atoms with Gasteiger partial charge < -0.3 is 9.80 Å². The summed E-state index contributed by atoms with van der Waals surface area (Å²) < 4.78 is 0. The second kappa shape index (κ2) is 20.9. The molecule has 0 aliphatic rings. The summed E-state index contributed by atoms with van der Waals surface area (Å²) >= 11 is 0. The van der Waals surface area contributed by atoms with Crippen molar-refractivity contribution in [1.29, 1.82) is 0 Å². The van der Waals surface area contributed by atoms with Gasteiger partial charge in [-0.25, -0.2) is 0 Å². The van der Waals surface area contributed by atoms with E-state index in [0.29, 0.717) is 0 Å². The number of hydrogen-bond donors (Lipinski definition) is 0. The first kappa shape index (κ1) is 45.4. The lowest BCUT2D eigenvalue weighted by atomic mass is 9.89. The zero-order valence-electron chi connectivity index (χ0n) is 40.9. The van der Waals surface area contributed by atoms with E-state index in [-0.39, 0.29) is 0 Å². The summed E-state index contributed by atoms with van der Waals surface area (Å²) in [5.41, 5.74) is 23.3. The molecule has 0 aromatic heterocycles. The van der Waals surface area contributed by atoms with Gasteiger partial charge in [-0.3, -0.25) is 0 Å². The van der Waals surface area contributed by atoms with Crippen LogP contribution in [0.25, 0.3) is 77.9 Å². The van der Waals surface area contributed by atoms with Crippen LogP contribution >= 0.6 is 0 Å². The molecule has 0 spiro atoms. The van der Waals surface area contributed by atoms with Crippen LogP contribution in [0.4, 0.5) is 34.1 Å². The Kier molecular flexibility index (Phi) is 12.8. The number of para-hydroxylation sites is 2. The minimum Gasteiger partial charge on any atom is -0.311 e. The molecule has 0 fully saturated rings. The summed E-state index contributed by atoms with van der Waals surface area (Å²) in [5.74, 6) is 0. The summed E-state index contributed by atoms with van der Waals surface area (Å²) in [6, 6.07) is 113. The third-order valence-corrected chi connectivity index (χ3v) is 13.9. The van der Waals surface area contributed by atoms with Crippen molar-refractivity contribution in [2.75, 3.05) is 9.80 Å². The van der Waals surface area contributed by atoms with Crippen molar-refractivity contribution in [3.8, 4) is 77.9 Å². The molecule has 0 saturated heterocycles. The Morgan fingerprint density at radius 3 is 0.568 bits per heavy atom. The van der Waals surface area contributed by atoms with Crippen molar-refractivity contribution in [3.05, 3.63) is 315 Å². The molecule has 0 aliphatic heterocycles. The molecule has 0 bridgehead atoms. The third-order valence-electron chi connectivity index (χ3n) is 13.9. The van der Waals surface area contributed by atoms with Crippen molar-refractivity contribution in [3.63, 3.8) is 0 Å². The molecule has 0 radical (unpaired) electrons. The van der Waals surface area contributed by atoms with Crippen molar-refractivity contribution in [2.24, 2.45) is 0 Å². The molecular weight excluding hydrogens is 893 g/mol. The highest BCUT2D eigenvalue weighted by Crippen LogP contribution is 2.43. The van der Waals surface area contributed by atoms with Crippen LogP contribution in [-0.4, -0.2) is 0 Å². The van der Waals surface area contributed by atoms with Gasteiger partial charge in [0.05, 0.1) is 0 Å². The predicted octanol–water partition coefficient (Wildman–Crippen LogP) is 20.3. The van der Waals surface area contributed by atoms with Crippen molar-refractivity contribution >= 4 is 34.1 Å². The van der Waals surface area contributed by atoms with Crippen molar-refractivity contribution < 1.29 is 0 Å². The summed E-state index contributed by atoms with van der Waals surface area (Å²) in [7, 11) is 0. The zero-order chi connectivity index (χ0) is 49.5. The fraction of sp³-hybridized carbons (Fsp3) is 0. The van der Waals surface area contributed by atoms with E-state index >= 15 is 0 Å². The smallest absolute Gasteiger partial charge is 0.0462 e. The molecule has 0 amide bonds. The predicted molar refractivity (Wildman–Crippen MR) is 314 cm³/mol. The average molecular weight is 945 g/mol. The summed E-state index contributed by atoms with van der Waals surface area (Å²) in [6.07, 6.45) is 0. The lowest BCUT2D eigenvalue weighted by Gasteiger charge is -2.26. The largest absolute Gasteiger partial charge is 0.311 e. The van der Waals surface area contributed by atoms with Gasteiger partial charge in [0, 0.05) is 34.1 Å². The number of rotatable bonds is 13. The second-order valence-corrected chi connectivity index (χ2v) is 18.5. The zero-order valence-corrected chi connectivity index (χ0v) is 40.9. The lowest BCUT2D eigenvalue weighted by molar-refractivity contribution is 1.28. The van der Waals surface area contributed by atoms with E-state index < -0.39 is 0 Å². The molecule has 0 atom stereocenters. The second-order valence-electron chi connectivity index (χ2n) is 18.5. The molecule has 0 unspecified atom stereocenters. The van der Waals surface area contributed by atoms with Crippen molar-refractivity contribution in [1.82, 2.24) is 0 Å². The minimum absolute atomic E-state index is 1.09. The molecule has 0 heterocycles. The Labute approximate surface area is 435 Å². The van der Waals surface area contributed by atoms with Crippen LogP contribution in [-0.2, 0) is 0 Å². The highest BCUT2D eigenvalue weighted by molar-refractivity contribution is 5.93. The monoisotopic (exact) mass is 944 g/mol. The van der Waals surface area contributed by atoms with Gasteiger partial charge in [-0.1, -0.05) is 243 Å². The van der Waals surface area contributed by atoms with Gasteiger partial charge in [-0.2, -0.15) is 0 Å². The molecule has 2 heteroatoms. The first-order chi connectivity index (χ1) is 36.7. The van der Waals surface area contributed by atoms with E-state index in [2.05, 4.69) is 325 Å². The molecular formula is C72H52N2. The standard InChI is InChI=1S/C72H52N2/c1-5-17-53(18-6-1)55-29-33-57(34-30-55)59-37-45-65(46-38-59)73(63-21-9-3-10-22-63)67-49-41-61(42-50-67)69-25-13-15-27-71(69)72-28-16-14-26-70(72)62-43-51-68(52-44-62)74(64-23-11-4-12-24-64)66-47-39-60(40-48-66)58-35-31-56(32-36-58)54-19-7-2-8-20-54/h1-52H. The molecule has 0 aliphatic carbocycles. The normalized spacial score (nSPS) is 11.0. The van der Waals surface area contributed by atoms with E-state index in [0.717, 1.165) is 45.3 Å². The molecule has 12 rings (SSSR count). The van der Waals surface area contributed by atoms with Crippen molar-refractivity contribution in [2.45, 2.75) is 0 Å². The molecule has 0 N–H and O–H groups in total. The summed E-state index contributed by atoms with van der Waals surface area (Å²) in [6.45, 7) is 0. The van der Waals surface area contributed by atoms with Gasteiger partial charge in [0.25, 0.3) is 0 Å². The minimum atomic E-state index is 1.09. The van der Waals surface area contributed by atoms with Crippen LogP contribution in [0.2, 0.25) is 0 Å². The SMILES string of the molecule is c1ccc(-c2ccc(-c3ccc(N(c4ccccc4)c4ccc(-c5ccccc5-c5ccccc5-c5ccc(N(c6ccccc6)c6ccc(-c7ccc(-c8ccccc8)cc7)cc6)cc5)cc4)cc3)cc2)cc1. The maximum Gasteiger partial charge on any atom is 0.0462 e. The number of nitrogens with zero attached hydrogens (tertiary/aromatic N) is 2. The van der Waals surface area contributed by atoms with Gasteiger partial charge in [0.2, 0.25) is 0 Å². The molecule has 74 heavy (non-hydrogen) atoms. The van der Waals surface area contributed by atoms with Crippen LogP contribution in [0.5, 0.6) is 0 Å². The van der Waals surface area contributed by atoms with Gasteiger partial charge in [0.1, 0.15) is 0 Å². The first-order valence-corrected chi connectivity index (χ1v) is 25.3. The molecule has 0 saturated carbocycles. The molecule has 2 nitrogen and oxygen atoms in total. The van der Waals surface area contributed by atoms with Crippen LogP contribution in [0.1, 0.15) is 0 Å². The van der Waals surface area contributed by atoms with E-state index in [9.17, 15) is 0 Å². The van der Waals surface area contributed by atoms with Crippen LogP contribution < -0.4 is 9.80 Å². The maximum atomic E-state index is 2.33. The van der Waals surface area contributed by atoms with Crippen LogP contribution in [0.15, 0.2) is 315 Å². The Morgan fingerprint density at radius 2 is 0.297 bits per heavy atom. The fourth-order valence-electron chi connectivity index (χ4n) is 10.1. The Morgan fingerprint density at radius 1 is 0.122 bits per heavy atom. The number of benzene rings is 12. The third kappa shape index (κ3) is 9.56. The van der Waals surface area contributed by atoms with Gasteiger partial charge >= 0.3 is 0 Å². The summed E-state index contributed by atoms with van der Waals surface area (Å²) in [5, 5.41) is 0. The molecule has 12 aromatic rings. The first-order valence-electron chi connectivity index (χ1n) is 25.3. The average Bonchev–Trinajstić information content (AvgIpc) is 3.49. The Bertz CT molecular complexity index is 3490. The van der Waals surface area contributed by atoms with Crippen LogP contribution in [0, 0.1) is 0 Å². The van der Waals surface area contributed by atoms with Gasteiger partial charge in [0.15, 0.2) is 0 Å².